The van der Waals surface area contributed by atoms with Crippen LogP contribution in [0, 0.1) is 0 Å². The number of ether oxygens (including phenoxy) is 1. The molecule has 1 amide bonds. The summed E-state index contributed by atoms with van der Waals surface area (Å²) < 4.78 is 46.7. The van der Waals surface area contributed by atoms with Gasteiger partial charge < -0.3 is 19.3 Å². The van der Waals surface area contributed by atoms with E-state index in [0.29, 0.717) is 25.0 Å². The number of nitrogens with zero attached hydrogens (tertiary/aromatic N) is 3. The monoisotopic (exact) mass is 387 g/mol. The Balaban J connectivity index is 2.04. The van der Waals surface area contributed by atoms with E-state index < -0.39 is 12.1 Å². The molecule has 0 fully saturated rings. The Morgan fingerprint density at radius 3 is 2.56 bits per heavy atom. The van der Waals surface area contributed by atoms with Crippen molar-refractivity contribution in [3.8, 4) is 11.4 Å². The molecule has 2 aromatic rings. The van der Waals surface area contributed by atoms with Gasteiger partial charge in [-0.05, 0) is 12.0 Å². The SMILES string of the molecule is COCCCC(=O)N(CCO)Cc1ccc(-c2noc(C(F)(F)F)n2)cc1. The molecule has 1 aromatic heterocycles. The van der Waals surface area contributed by atoms with Crippen LogP contribution in [0.25, 0.3) is 11.4 Å². The lowest BCUT2D eigenvalue weighted by Gasteiger charge is -2.22. The van der Waals surface area contributed by atoms with Crippen molar-refractivity contribution in [3.05, 3.63) is 35.7 Å². The summed E-state index contributed by atoms with van der Waals surface area (Å²) >= 11 is 0. The molecule has 0 atom stereocenters. The van der Waals surface area contributed by atoms with Gasteiger partial charge in [-0.15, -0.1) is 0 Å². The van der Waals surface area contributed by atoms with Crippen LogP contribution >= 0.6 is 0 Å². The van der Waals surface area contributed by atoms with Crippen LogP contribution in [0.15, 0.2) is 28.8 Å². The summed E-state index contributed by atoms with van der Waals surface area (Å²) in [6.45, 7) is 0.759. The van der Waals surface area contributed by atoms with E-state index in [1.54, 1.807) is 31.4 Å². The molecule has 0 radical (unpaired) electrons. The number of halogens is 3. The number of aliphatic hydroxyl groups excluding tert-OH is 1. The molecule has 0 aliphatic heterocycles. The summed E-state index contributed by atoms with van der Waals surface area (Å²) in [7, 11) is 1.55. The van der Waals surface area contributed by atoms with Crippen LogP contribution in [-0.2, 0) is 22.3 Å². The molecule has 1 aromatic carbocycles. The number of rotatable bonds is 9. The van der Waals surface area contributed by atoms with Crippen molar-refractivity contribution in [1.29, 1.82) is 0 Å². The first-order valence-corrected chi connectivity index (χ1v) is 8.23. The summed E-state index contributed by atoms with van der Waals surface area (Å²) in [5, 5.41) is 12.5. The maximum Gasteiger partial charge on any atom is 0.471 e. The standard InChI is InChI=1S/C17H20F3N3O4/c1-26-10-2-3-14(25)23(8-9-24)11-12-4-6-13(7-5-12)15-21-16(27-22-15)17(18,19)20/h4-7,24H,2-3,8-11H2,1H3. The maximum absolute atomic E-state index is 12.5. The molecule has 2 rings (SSSR count). The van der Waals surface area contributed by atoms with E-state index in [4.69, 9.17) is 9.84 Å². The van der Waals surface area contributed by atoms with E-state index in [1.807, 2.05) is 0 Å². The minimum atomic E-state index is -4.70. The van der Waals surface area contributed by atoms with Gasteiger partial charge in [0.25, 0.3) is 0 Å². The topological polar surface area (TPSA) is 88.7 Å². The molecular formula is C17H20F3N3O4. The maximum atomic E-state index is 12.5. The lowest BCUT2D eigenvalue weighted by molar-refractivity contribution is -0.159. The Morgan fingerprint density at radius 2 is 2.00 bits per heavy atom. The average Bonchev–Trinajstić information content (AvgIpc) is 3.12. The van der Waals surface area contributed by atoms with Gasteiger partial charge in [0.2, 0.25) is 11.7 Å². The van der Waals surface area contributed by atoms with Crippen LogP contribution in [-0.4, -0.2) is 52.9 Å². The molecule has 0 unspecified atom stereocenters. The number of methoxy groups -OCH3 is 1. The van der Waals surface area contributed by atoms with Gasteiger partial charge in [0.05, 0.1) is 6.61 Å². The highest BCUT2D eigenvalue weighted by molar-refractivity contribution is 5.76. The second-order valence-electron chi connectivity index (χ2n) is 5.75. The summed E-state index contributed by atoms with van der Waals surface area (Å²) in [5.41, 5.74) is 1.12. The molecule has 7 nitrogen and oxygen atoms in total. The number of aromatic nitrogens is 2. The second kappa shape index (κ2) is 9.47. The van der Waals surface area contributed by atoms with Crippen molar-refractivity contribution < 1.29 is 32.3 Å². The van der Waals surface area contributed by atoms with Gasteiger partial charge in [-0.1, -0.05) is 29.4 Å². The van der Waals surface area contributed by atoms with E-state index in [1.165, 1.54) is 4.90 Å². The molecule has 1 N–H and O–H groups in total. The van der Waals surface area contributed by atoms with Crippen LogP contribution in [0.4, 0.5) is 13.2 Å². The fourth-order valence-corrected chi connectivity index (χ4v) is 2.37. The van der Waals surface area contributed by atoms with Crippen LogP contribution < -0.4 is 0 Å². The lowest BCUT2D eigenvalue weighted by atomic mass is 10.1. The van der Waals surface area contributed by atoms with Crippen LogP contribution in [0.3, 0.4) is 0 Å². The highest BCUT2D eigenvalue weighted by Gasteiger charge is 2.38. The number of hydrogen-bond acceptors (Lipinski definition) is 6. The third-order valence-electron chi connectivity index (χ3n) is 3.72. The van der Waals surface area contributed by atoms with E-state index in [-0.39, 0.29) is 31.4 Å². The third kappa shape index (κ3) is 6.04. The van der Waals surface area contributed by atoms with Crippen molar-refractivity contribution in [3.63, 3.8) is 0 Å². The highest BCUT2D eigenvalue weighted by Crippen LogP contribution is 2.29. The largest absolute Gasteiger partial charge is 0.471 e. The number of amides is 1. The molecular weight excluding hydrogens is 367 g/mol. The minimum Gasteiger partial charge on any atom is -0.395 e. The molecule has 148 valence electrons. The predicted molar refractivity (Wildman–Crippen MR) is 88.3 cm³/mol. The molecule has 0 saturated carbocycles. The van der Waals surface area contributed by atoms with E-state index in [2.05, 4.69) is 14.7 Å². The van der Waals surface area contributed by atoms with Gasteiger partial charge in [0.15, 0.2) is 0 Å². The number of alkyl halides is 3. The van der Waals surface area contributed by atoms with Gasteiger partial charge >= 0.3 is 12.1 Å². The van der Waals surface area contributed by atoms with E-state index >= 15 is 0 Å². The Hall–Kier alpha value is -2.46. The van der Waals surface area contributed by atoms with Crippen molar-refractivity contribution in [2.75, 3.05) is 26.9 Å². The molecule has 0 bridgehead atoms. The fourth-order valence-electron chi connectivity index (χ4n) is 2.37. The van der Waals surface area contributed by atoms with Gasteiger partial charge in [-0.3, -0.25) is 4.79 Å². The molecule has 10 heteroatoms. The van der Waals surface area contributed by atoms with Crippen LogP contribution in [0.2, 0.25) is 0 Å². The summed E-state index contributed by atoms with van der Waals surface area (Å²) in [4.78, 5) is 17.1. The highest BCUT2D eigenvalue weighted by atomic mass is 19.4. The van der Waals surface area contributed by atoms with Crippen LogP contribution in [0.1, 0.15) is 24.3 Å². The van der Waals surface area contributed by atoms with Gasteiger partial charge in [-0.25, -0.2) is 0 Å². The molecule has 0 aliphatic carbocycles. The van der Waals surface area contributed by atoms with Crippen molar-refractivity contribution in [2.24, 2.45) is 0 Å². The Bertz CT molecular complexity index is 732. The zero-order chi connectivity index (χ0) is 19.9. The average molecular weight is 387 g/mol. The molecule has 1 heterocycles. The first kappa shape index (κ1) is 20.8. The molecule has 0 spiro atoms. The Kier molecular flexibility index (Phi) is 7.31. The molecule has 0 saturated heterocycles. The molecule has 27 heavy (non-hydrogen) atoms. The summed E-state index contributed by atoms with van der Waals surface area (Å²) in [5.74, 6) is -1.69. The fraction of sp³-hybridized carbons (Fsp3) is 0.471. The Morgan fingerprint density at radius 1 is 1.30 bits per heavy atom. The van der Waals surface area contributed by atoms with Crippen LogP contribution in [0.5, 0.6) is 0 Å². The van der Waals surface area contributed by atoms with Crippen molar-refractivity contribution in [2.45, 2.75) is 25.6 Å². The van der Waals surface area contributed by atoms with E-state index in [9.17, 15) is 18.0 Å². The van der Waals surface area contributed by atoms with Crippen molar-refractivity contribution in [1.82, 2.24) is 15.0 Å². The first-order chi connectivity index (χ1) is 12.8. The number of carbonyl (C=O) groups is 1. The van der Waals surface area contributed by atoms with E-state index in [0.717, 1.165) is 5.56 Å². The quantitative estimate of drug-likeness (QED) is 0.665. The smallest absolute Gasteiger partial charge is 0.395 e. The second-order valence-corrected chi connectivity index (χ2v) is 5.75. The Labute approximate surface area is 153 Å². The number of benzene rings is 1. The predicted octanol–water partition coefficient (Wildman–Crippen LogP) is 2.50. The third-order valence-corrected chi connectivity index (χ3v) is 3.72. The zero-order valence-corrected chi connectivity index (χ0v) is 14.7. The normalized spacial score (nSPS) is 11.6. The summed E-state index contributed by atoms with van der Waals surface area (Å²) in [6, 6.07) is 6.41. The minimum absolute atomic E-state index is 0.113. The number of carbonyl (C=O) groups excluding carboxylic acids is 1. The first-order valence-electron chi connectivity index (χ1n) is 8.23. The lowest BCUT2D eigenvalue weighted by Crippen LogP contribution is -2.33. The molecule has 0 aliphatic rings. The van der Waals surface area contributed by atoms with Gasteiger partial charge in [0.1, 0.15) is 0 Å². The number of hydrogen-bond donors (Lipinski definition) is 1. The van der Waals surface area contributed by atoms with Gasteiger partial charge in [0, 0.05) is 38.8 Å². The van der Waals surface area contributed by atoms with Gasteiger partial charge in [-0.2, -0.15) is 18.2 Å². The van der Waals surface area contributed by atoms with Crippen molar-refractivity contribution >= 4 is 5.91 Å². The number of aliphatic hydroxyl groups is 1. The summed E-state index contributed by atoms with van der Waals surface area (Å²) in [6.07, 6.45) is -3.82. The zero-order valence-electron chi connectivity index (χ0n) is 14.7.